The zero-order valence-corrected chi connectivity index (χ0v) is 16.6. The second kappa shape index (κ2) is 9.18. The number of benzene rings is 1. The summed E-state index contributed by atoms with van der Waals surface area (Å²) in [6, 6.07) is 5.80. The summed E-state index contributed by atoms with van der Waals surface area (Å²) in [5.41, 5.74) is 0.515. The number of primary sulfonamides is 1. The number of urea groups is 1. The third kappa shape index (κ3) is 6.21. The zero-order valence-electron chi connectivity index (χ0n) is 15.8. The SMILES string of the molecule is CCC[C@H](C)NC(=O)N1CCC(C(=O)Nc2ccc(S(N)(=O)=O)cc2)CC1. The molecule has 8 nitrogen and oxygen atoms in total. The third-order valence-electron chi connectivity index (χ3n) is 4.69. The Labute approximate surface area is 160 Å². The Balaban J connectivity index is 1.83. The molecule has 3 amide bonds. The van der Waals surface area contributed by atoms with Crippen LogP contribution in [-0.2, 0) is 14.8 Å². The van der Waals surface area contributed by atoms with Crippen molar-refractivity contribution in [2.75, 3.05) is 18.4 Å². The number of carbonyl (C=O) groups is 2. The minimum Gasteiger partial charge on any atom is -0.336 e. The van der Waals surface area contributed by atoms with Crippen molar-refractivity contribution in [3.8, 4) is 0 Å². The van der Waals surface area contributed by atoms with E-state index < -0.39 is 10.0 Å². The van der Waals surface area contributed by atoms with Crippen LogP contribution in [0.5, 0.6) is 0 Å². The molecule has 0 spiro atoms. The summed E-state index contributed by atoms with van der Waals surface area (Å²) >= 11 is 0. The molecule has 1 aromatic rings. The number of amides is 3. The number of nitrogens with zero attached hydrogens (tertiary/aromatic N) is 1. The van der Waals surface area contributed by atoms with Gasteiger partial charge < -0.3 is 15.5 Å². The number of nitrogens with two attached hydrogens (primary N) is 1. The lowest BCUT2D eigenvalue weighted by Gasteiger charge is -2.32. The molecule has 9 heteroatoms. The van der Waals surface area contributed by atoms with Crippen molar-refractivity contribution in [3.63, 3.8) is 0 Å². The van der Waals surface area contributed by atoms with E-state index in [0.717, 1.165) is 12.8 Å². The molecule has 0 aliphatic carbocycles. The van der Waals surface area contributed by atoms with Crippen molar-refractivity contribution in [2.24, 2.45) is 11.1 Å². The van der Waals surface area contributed by atoms with Gasteiger partial charge in [0.2, 0.25) is 15.9 Å². The van der Waals surface area contributed by atoms with Gasteiger partial charge in [-0.2, -0.15) is 0 Å². The smallest absolute Gasteiger partial charge is 0.317 e. The van der Waals surface area contributed by atoms with Crippen LogP contribution in [0.25, 0.3) is 0 Å². The Kier molecular flexibility index (Phi) is 7.20. The summed E-state index contributed by atoms with van der Waals surface area (Å²) in [4.78, 5) is 26.4. The molecule has 1 fully saturated rings. The van der Waals surface area contributed by atoms with Crippen LogP contribution in [-0.4, -0.2) is 44.4 Å². The molecule has 0 bridgehead atoms. The molecule has 0 radical (unpaired) electrons. The standard InChI is InChI=1S/C18H28N4O4S/c1-3-4-13(2)20-18(24)22-11-9-14(10-12-22)17(23)21-15-5-7-16(8-6-15)27(19,25)26/h5-8,13-14H,3-4,9-12H2,1-2H3,(H,20,24)(H,21,23)(H2,19,25,26)/t13-/m0/s1. The maximum Gasteiger partial charge on any atom is 0.317 e. The second-order valence-electron chi connectivity index (χ2n) is 6.96. The van der Waals surface area contributed by atoms with Gasteiger partial charge in [-0.1, -0.05) is 13.3 Å². The average molecular weight is 397 g/mol. The number of piperidine rings is 1. The highest BCUT2D eigenvalue weighted by molar-refractivity contribution is 7.89. The summed E-state index contributed by atoms with van der Waals surface area (Å²) in [6.45, 7) is 5.14. The number of sulfonamides is 1. The zero-order chi connectivity index (χ0) is 20.0. The first-order valence-corrected chi connectivity index (χ1v) is 10.7. The van der Waals surface area contributed by atoms with Gasteiger partial charge in [-0.05, 0) is 50.5 Å². The fraction of sp³-hybridized carbons (Fsp3) is 0.556. The maximum absolute atomic E-state index is 12.4. The molecule has 1 saturated heterocycles. The van der Waals surface area contributed by atoms with E-state index >= 15 is 0 Å². The Hall–Kier alpha value is -2.13. The van der Waals surface area contributed by atoms with E-state index in [0.29, 0.717) is 31.6 Å². The van der Waals surface area contributed by atoms with Gasteiger partial charge in [0.25, 0.3) is 0 Å². The van der Waals surface area contributed by atoms with Gasteiger partial charge in [0.1, 0.15) is 0 Å². The van der Waals surface area contributed by atoms with Gasteiger partial charge in [0.05, 0.1) is 4.90 Å². The first-order chi connectivity index (χ1) is 12.7. The quantitative estimate of drug-likeness (QED) is 0.679. The van der Waals surface area contributed by atoms with Crippen LogP contribution < -0.4 is 15.8 Å². The minimum absolute atomic E-state index is 0.00267. The van der Waals surface area contributed by atoms with Crippen molar-refractivity contribution < 1.29 is 18.0 Å². The summed E-state index contributed by atoms with van der Waals surface area (Å²) in [5.74, 6) is -0.308. The van der Waals surface area contributed by atoms with E-state index in [9.17, 15) is 18.0 Å². The highest BCUT2D eigenvalue weighted by Crippen LogP contribution is 2.20. The number of anilines is 1. The molecule has 4 N–H and O–H groups in total. The fourth-order valence-electron chi connectivity index (χ4n) is 3.12. The van der Waals surface area contributed by atoms with E-state index in [1.807, 2.05) is 6.92 Å². The van der Waals surface area contributed by atoms with Crippen molar-refractivity contribution in [1.29, 1.82) is 0 Å². The van der Waals surface area contributed by atoms with Gasteiger partial charge in [0.15, 0.2) is 0 Å². The van der Waals surface area contributed by atoms with E-state index in [1.165, 1.54) is 24.3 Å². The van der Waals surface area contributed by atoms with Crippen LogP contribution in [0.3, 0.4) is 0 Å². The van der Waals surface area contributed by atoms with E-state index in [-0.39, 0.29) is 28.8 Å². The molecule has 150 valence electrons. The number of hydrogen-bond donors (Lipinski definition) is 3. The Morgan fingerprint density at radius 1 is 1.22 bits per heavy atom. The average Bonchev–Trinajstić information content (AvgIpc) is 2.61. The third-order valence-corrected chi connectivity index (χ3v) is 5.62. The van der Waals surface area contributed by atoms with Crippen molar-refractivity contribution in [1.82, 2.24) is 10.2 Å². The Morgan fingerprint density at radius 3 is 2.33 bits per heavy atom. The Morgan fingerprint density at radius 2 is 1.81 bits per heavy atom. The lowest BCUT2D eigenvalue weighted by molar-refractivity contribution is -0.121. The summed E-state index contributed by atoms with van der Waals surface area (Å²) < 4.78 is 22.5. The molecule has 0 aromatic heterocycles. The molecular formula is C18H28N4O4S. The van der Waals surface area contributed by atoms with E-state index in [1.54, 1.807) is 4.90 Å². The van der Waals surface area contributed by atoms with Crippen LogP contribution in [0.15, 0.2) is 29.2 Å². The van der Waals surface area contributed by atoms with E-state index in [2.05, 4.69) is 17.6 Å². The van der Waals surface area contributed by atoms with Crippen LogP contribution in [0.1, 0.15) is 39.5 Å². The van der Waals surface area contributed by atoms with Crippen LogP contribution >= 0.6 is 0 Å². The second-order valence-corrected chi connectivity index (χ2v) is 8.52. The summed E-state index contributed by atoms with van der Waals surface area (Å²) in [7, 11) is -3.75. The summed E-state index contributed by atoms with van der Waals surface area (Å²) in [6.07, 6.45) is 3.14. The van der Waals surface area contributed by atoms with E-state index in [4.69, 9.17) is 5.14 Å². The molecule has 1 atom stereocenters. The van der Waals surface area contributed by atoms with Crippen LogP contribution in [0.2, 0.25) is 0 Å². The minimum atomic E-state index is -3.75. The maximum atomic E-state index is 12.4. The van der Waals surface area contributed by atoms with Crippen molar-refractivity contribution in [2.45, 2.75) is 50.5 Å². The number of rotatable bonds is 6. The van der Waals surface area contributed by atoms with Crippen LogP contribution in [0, 0.1) is 5.92 Å². The predicted molar refractivity (Wildman–Crippen MR) is 104 cm³/mol. The highest BCUT2D eigenvalue weighted by Gasteiger charge is 2.27. The summed E-state index contributed by atoms with van der Waals surface area (Å²) in [5, 5.41) is 10.8. The van der Waals surface area contributed by atoms with Gasteiger partial charge >= 0.3 is 6.03 Å². The predicted octanol–water partition coefficient (Wildman–Crippen LogP) is 1.88. The molecule has 1 heterocycles. The molecule has 0 unspecified atom stereocenters. The molecular weight excluding hydrogens is 368 g/mol. The highest BCUT2D eigenvalue weighted by atomic mass is 32.2. The first-order valence-electron chi connectivity index (χ1n) is 9.20. The lowest BCUT2D eigenvalue weighted by Crippen LogP contribution is -2.48. The van der Waals surface area contributed by atoms with Gasteiger partial charge in [-0.25, -0.2) is 18.4 Å². The number of carbonyl (C=O) groups excluding carboxylic acids is 2. The molecule has 1 aliphatic heterocycles. The number of nitrogens with one attached hydrogen (secondary N) is 2. The van der Waals surface area contributed by atoms with Crippen molar-refractivity contribution in [3.05, 3.63) is 24.3 Å². The molecule has 2 rings (SSSR count). The van der Waals surface area contributed by atoms with Gasteiger partial charge in [-0.3, -0.25) is 4.79 Å². The lowest BCUT2D eigenvalue weighted by atomic mass is 9.96. The number of hydrogen-bond acceptors (Lipinski definition) is 4. The Bertz CT molecular complexity index is 756. The topological polar surface area (TPSA) is 122 Å². The monoisotopic (exact) mass is 396 g/mol. The fourth-order valence-corrected chi connectivity index (χ4v) is 3.64. The molecule has 1 aliphatic rings. The largest absolute Gasteiger partial charge is 0.336 e. The normalized spacial score (nSPS) is 16.6. The molecule has 0 saturated carbocycles. The first kappa shape index (κ1) is 21.2. The van der Waals surface area contributed by atoms with Crippen molar-refractivity contribution >= 4 is 27.6 Å². The van der Waals surface area contributed by atoms with Gasteiger partial charge in [-0.15, -0.1) is 0 Å². The molecule has 27 heavy (non-hydrogen) atoms. The van der Waals surface area contributed by atoms with Gasteiger partial charge in [0, 0.05) is 30.7 Å². The number of likely N-dealkylation sites (tertiary alicyclic amines) is 1. The van der Waals surface area contributed by atoms with Crippen LogP contribution in [0.4, 0.5) is 10.5 Å². The molecule has 1 aromatic carbocycles.